The zero-order valence-electron chi connectivity index (χ0n) is 11.6. The predicted octanol–water partition coefficient (Wildman–Crippen LogP) is 2.37. The predicted molar refractivity (Wildman–Crippen MR) is 76.5 cm³/mol. The Kier molecular flexibility index (Phi) is 4.90. The molecule has 0 heterocycles. The van der Waals surface area contributed by atoms with E-state index in [1.54, 1.807) is 0 Å². The summed E-state index contributed by atoms with van der Waals surface area (Å²) in [7, 11) is 0. The topological polar surface area (TPSA) is 92.4 Å². The summed E-state index contributed by atoms with van der Waals surface area (Å²) in [6.45, 7) is 0. The highest BCUT2D eigenvalue weighted by atomic mass is 19.1. The molecule has 0 radical (unpaired) electrons. The minimum atomic E-state index is -1.28. The molecule has 1 fully saturated rings. The number of rotatable bonds is 3. The molecule has 1 aliphatic rings. The van der Waals surface area contributed by atoms with E-state index in [-0.39, 0.29) is 17.3 Å². The molecule has 1 aromatic carbocycles. The van der Waals surface area contributed by atoms with Crippen LogP contribution in [-0.4, -0.2) is 23.0 Å². The number of amides is 1. The van der Waals surface area contributed by atoms with Crippen LogP contribution in [0.3, 0.4) is 0 Å². The van der Waals surface area contributed by atoms with E-state index in [1.807, 2.05) is 0 Å². The standard InChI is InChI=1S/C15H19FN2O3/c16-11-7-4-6-10(15(20)21)13(11)18-14(19)9-5-2-1-3-8-12(9)17/h4,6-7,9,12H,1-3,5,8,17H2,(H,18,19)(H,20,21). The SMILES string of the molecule is NC1CCCCCC1C(=O)Nc1c(F)cccc1C(=O)O. The molecule has 4 N–H and O–H groups in total. The lowest BCUT2D eigenvalue weighted by Gasteiger charge is -2.21. The molecule has 0 spiro atoms. The molecular formula is C15H19FN2O3. The molecule has 6 heteroatoms. The van der Waals surface area contributed by atoms with Gasteiger partial charge in [-0.2, -0.15) is 0 Å². The van der Waals surface area contributed by atoms with Crippen LogP contribution in [-0.2, 0) is 4.79 Å². The van der Waals surface area contributed by atoms with Gasteiger partial charge in [0.25, 0.3) is 0 Å². The summed E-state index contributed by atoms with van der Waals surface area (Å²) in [5.74, 6) is -2.86. The molecule has 114 valence electrons. The van der Waals surface area contributed by atoms with Gasteiger partial charge in [0.15, 0.2) is 0 Å². The number of hydrogen-bond acceptors (Lipinski definition) is 3. The van der Waals surface area contributed by atoms with Gasteiger partial charge in [-0.25, -0.2) is 9.18 Å². The number of nitrogens with one attached hydrogen (secondary N) is 1. The van der Waals surface area contributed by atoms with Crippen molar-refractivity contribution in [1.29, 1.82) is 0 Å². The molecule has 0 aromatic heterocycles. The van der Waals surface area contributed by atoms with Crippen molar-refractivity contribution in [2.24, 2.45) is 11.7 Å². The van der Waals surface area contributed by atoms with Crippen LogP contribution in [0.5, 0.6) is 0 Å². The largest absolute Gasteiger partial charge is 0.478 e. The van der Waals surface area contributed by atoms with Gasteiger partial charge in [0.1, 0.15) is 5.82 Å². The lowest BCUT2D eigenvalue weighted by Crippen LogP contribution is -2.38. The smallest absolute Gasteiger partial charge is 0.337 e. The number of para-hydroxylation sites is 1. The summed E-state index contributed by atoms with van der Waals surface area (Å²) >= 11 is 0. The van der Waals surface area contributed by atoms with Gasteiger partial charge in [-0.1, -0.05) is 25.3 Å². The van der Waals surface area contributed by atoms with Gasteiger partial charge in [-0.3, -0.25) is 4.79 Å². The molecule has 5 nitrogen and oxygen atoms in total. The molecule has 1 saturated carbocycles. The maximum atomic E-state index is 13.8. The third kappa shape index (κ3) is 3.58. The molecule has 2 rings (SSSR count). The lowest BCUT2D eigenvalue weighted by atomic mass is 9.94. The Labute approximate surface area is 122 Å². The van der Waals surface area contributed by atoms with Gasteiger partial charge in [0, 0.05) is 6.04 Å². The molecule has 21 heavy (non-hydrogen) atoms. The summed E-state index contributed by atoms with van der Waals surface area (Å²) in [5.41, 5.74) is 5.45. The van der Waals surface area contributed by atoms with Crippen LogP contribution < -0.4 is 11.1 Å². The van der Waals surface area contributed by atoms with Crippen LogP contribution in [0.15, 0.2) is 18.2 Å². The molecule has 1 aromatic rings. The van der Waals surface area contributed by atoms with Crippen LogP contribution in [0, 0.1) is 11.7 Å². The Bertz CT molecular complexity index is 548. The summed E-state index contributed by atoms with van der Waals surface area (Å²) < 4.78 is 13.8. The number of nitrogens with two attached hydrogens (primary N) is 1. The van der Waals surface area contributed by atoms with Crippen molar-refractivity contribution in [1.82, 2.24) is 0 Å². The summed E-state index contributed by atoms with van der Waals surface area (Å²) in [4.78, 5) is 23.4. The second kappa shape index (κ2) is 6.67. The van der Waals surface area contributed by atoms with Gasteiger partial charge in [0.2, 0.25) is 5.91 Å². The second-order valence-electron chi connectivity index (χ2n) is 5.37. The fourth-order valence-electron chi connectivity index (χ4n) is 2.71. The van der Waals surface area contributed by atoms with Crippen LogP contribution in [0.1, 0.15) is 42.5 Å². The molecule has 0 aliphatic heterocycles. The third-order valence-corrected chi connectivity index (χ3v) is 3.90. The number of halogens is 1. The van der Waals surface area contributed by atoms with Crippen molar-refractivity contribution in [2.45, 2.75) is 38.1 Å². The summed E-state index contributed by atoms with van der Waals surface area (Å²) in [6.07, 6.45) is 4.29. The second-order valence-corrected chi connectivity index (χ2v) is 5.37. The highest BCUT2D eigenvalue weighted by Gasteiger charge is 2.28. The fraction of sp³-hybridized carbons (Fsp3) is 0.467. The lowest BCUT2D eigenvalue weighted by molar-refractivity contribution is -0.120. The maximum absolute atomic E-state index is 13.8. The van der Waals surface area contributed by atoms with Crippen molar-refractivity contribution in [3.05, 3.63) is 29.6 Å². The molecular weight excluding hydrogens is 275 g/mol. The van der Waals surface area contributed by atoms with Gasteiger partial charge < -0.3 is 16.2 Å². The molecule has 1 amide bonds. The highest BCUT2D eigenvalue weighted by Crippen LogP contribution is 2.26. The van der Waals surface area contributed by atoms with E-state index in [2.05, 4.69) is 5.32 Å². The number of benzene rings is 1. The molecule has 1 aliphatic carbocycles. The van der Waals surface area contributed by atoms with E-state index >= 15 is 0 Å². The first-order chi connectivity index (χ1) is 10.0. The normalized spacial score (nSPS) is 22.4. The quantitative estimate of drug-likeness (QED) is 0.746. The number of aromatic carboxylic acids is 1. The van der Waals surface area contributed by atoms with E-state index in [1.165, 1.54) is 12.1 Å². The van der Waals surface area contributed by atoms with Crippen molar-refractivity contribution in [3.63, 3.8) is 0 Å². The third-order valence-electron chi connectivity index (χ3n) is 3.90. The average Bonchev–Trinajstić information content (AvgIpc) is 2.65. The minimum Gasteiger partial charge on any atom is -0.478 e. The number of carboxylic acid groups (broad SMARTS) is 1. The van der Waals surface area contributed by atoms with E-state index in [4.69, 9.17) is 10.8 Å². The number of anilines is 1. The zero-order chi connectivity index (χ0) is 15.4. The molecule has 2 unspecified atom stereocenters. The van der Waals surface area contributed by atoms with Gasteiger partial charge in [-0.05, 0) is 25.0 Å². The Morgan fingerprint density at radius 3 is 2.67 bits per heavy atom. The molecule has 0 saturated heterocycles. The van der Waals surface area contributed by atoms with Crippen LogP contribution in [0.4, 0.5) is 10.1 Å². The summed E-state index contributed by atoms with van der Waals surface area (Å²) in [6, 6.07) is 3.40. The van der Waals surface area contributed by atoms with E-state index in [0.717, 1.165) is 31.7 Å². The van der Waals surface area contributed by atoms with E-state index in [9.17, 15) is 14.0 Å². The highest BCUT2D eigenvalue weighted by molar-refractivity contribution is 6.01. The summed E-state index contributed by atoms with van der Waals surface area (Å²) in [5, 5.41) is 11.5. The Hall–Kier alpha value is -1.95. The van der Waals surface area contributed by atoms with E-state index < -0.39 is 23.6 Å². The van der Waals surface area contributed by atoms with Gasteiger partial charge in [0.05, 0.1) is 17.2 Å². The maximum Gasteiger partial charge on any atom is 0.337 e. The van der Waals surface area contributed by atoms with Crippen molar-refractivity contribution < 1.29 is 19.1 Å². The van der Waals surface area contributed by atoms with Crippen molar-refractivity contribution >= 4 is 17.6 Å². The number of hydrogen-bond donors (Lipinski definition) is 3. The van der Waals surface area contributed by atoms with Crippen LogP contribution in [0.2, 0.25) is 0 Å². The Morgan fingerprint density at radius 2 is 1.95 bits per heavy atom. The van der Waals surface area contributed by atoms with Crippen LogP contribution >= 0.6 is 0 Å². The average molecular weight is 294 g/mol. The fourth-order valence-corrected chi connectivity index (χ4v) is 2.71. The van der Waals surface area contributed by atoms with E-state index in [0.29, 0.717) is 6.42 Å². The first-order valence-electron chi connectivity index (χ1n) is 7.09. The Morgan fingerprint density at radius 1 is 1.24 bits per heavy atom. The minimum absolute atomic E-state index is 0.259. The molecule has 0 bridgehead atoms. The first kappa shape index (κ1) is 15.4. The van der Waals surface area contributed by atoms with Crippen molar-refractivity contribution in [2.75, 3.05) is 5.32 Å². The monoisotopic (exact) mass is 294 g/mol. The van der Waals surface area contributed by atoms with Gasteiger partial charge in [-0.15, -0.1) is 0 Å². The van der Waals surface area contributed by atoms with Gasteiger partial charge >= 0.3 is 5.97 Å². The Balaban J connectivity index is 2.21. The van der Waals surface area contributed by atoms with Crippen molar-refractivity contribution in [3.8, 4) is 0 Å². The zero-order valence-corrected chi connectivity index (χ0v) is 11.6. The first-order valence-corrected chi connectivity index (χ1v) is 7.09. The molecule has 2 atom stereocenters. The van der Waals surface area contributed by atoms with Crippen LogP contribution in [0.25, 0.3) is 0 Å². The number of carbonyl (C=O) groups excluding carboxylic acids is 1. The number of carbonyl (C=O) groups is 2. The number of carboxylic acids is 1.